The molecule has 0 saturated heterocycles. The molecule has 2 aliphatic rings. The molecule has 2 fully saturated rings. The number of methoxy groups -OCH3 is 1. The molecule has 2 rings (SSSR count). The summed E-state index contributed by atoms with van der Waals surface area (Å²) < 4.78 is 5.58. The largest absolute Gasteiger partial charge is 0.377 e. The van der Waals surface area contributed by atoms with Gasteiger partial charge in [0.25, 0.3) is 0 Å². The molecule has 0 radical (unpaired) electrons. The zero-order valence-corrected chi connectivity index (χ0v) is 7.34. The smallest absolute Gasteiger partial charge is 0.0774 e. The van der Waals surface area contributed by atoms with Gasteiger partial charge in [-0.15, -0.1) is 6.58 Å². The van der Waals surface area contributed by atoms with Crippen LogP contribution >= 0.6 is 0 Å². The summed E-state index contributed by atoms with van der Waals surface area (Å²) in [6, 6.07) is 0. The third-order valence-electron chi connectivity index (χ3n) is 3.76. The maximum Gasteiger partial charge on any atom is 0.0774 e. The van der Waals surface area contributed by atoms with Gasteiger partial charge in [0.1, 0.15) is 0 Å². The van der Waals surface area contributed by atoms with Crippen molar-refractivity contribution >= 4 is 0 Å². The van der Waals surface area contributed by atoms with Gasteiger partial charge in [0, 0.05) is 13.0 Å². The maximum absolute atomic E-state index is 5.58. The van der Waals surface area contributed by atoms with Crippen LogP contribution in [0.15, 0.2) is 12.7 Å². The minimum absolute atomic E-state index is 0.223. The van der Waals surface area contributed by atoms with Crippen LogP contribution in [-0.2, 0) is 4.74 Å². The molecule has 11 heavy (non-hydrogen) atoms. The fourth-order valence-corrected chi connectivity index (χ4v) is 2.97. The van der Waals surface area contributed by atoms with Gasteiger partial charge >= 0.3 is 0 Å². The molecule has 2 aliphatic carbocycles. The van der Waals surface area contributed by atoms with Crippen molar-refractivity contribution in [1.29, 1.82) is 0 Å². The van der Waals surface area contributed by atoms with Crippen molar-refractivity contribution in [3.63, 3.8) is 0 Å². The highest BCUT2D eigenvalue weighted by atomic mass is 16.5. The second kappa shape index (κ2) is 2.10. The second-order valence-corrected chi connectivity index (χ2v) is 4.02. The third kappa shape index (κ3) is 0.652. The van der Waals surface area contributed by atoms with E-state index in [9.17, 15) is 0 Å². The van der Waals surface area contributed by atoms with E-state index in [0.717, 1.165) is 11.8 Å². The van der Waals surface area contributed by atoms with Gasteiger partial charge in [0.2, 0.25) is 0 Å². The molecular formula is C10H16O. The molecule has 2 saturated carbocycles. The average molecular weight is 152 g/mol. The van der Waals surface area contributed by atoms with Gasteiger partial charge in [-0.1, -0.05) is 13.0 Å². The summed E-state index contributed by atoms with van der Waals surface area (Å²) >= 11 is 0. The molecule has 0 N–H and O–H groups in total. The van der Waals surface area contributed by atoms with E-state index in [2.05, 4.69) is 19.6 Å². The average Bonchev–Trinajstić information content (AvgIpc) is 1.99. The number of rotatable bonds is 2. The molecule has 4 unspecified atom stereocenters. The molecule has 62 valence electrons. The van der Waals surface area contributed by atoms with Crippen LogP contribution in [-0.4, -0.2) is 12.7 Å². The summed E-state index contributed by atoms with van der Waals surface area (Å²) in [7, 11) is 1.84. The lowest BCUT2D eigenvalue weighted by Crippen LogP contribution is -2.67. The van der Waals surface area contributed by atoms with Crippen LogP contribution in [0.1, 0.15) is 19.8 Å². The van der Waals surface area contributed by atoms with E-state index in [1.165, 1.54) is 12.8 Å². The number of fused-ring (bicyclic) bond motifs is 1. The van der Waals surface area contributed by atoms with E-state index in [-0.39, 0.29) is 5.60 Å². The van der Waals surface area contributed by atoms with Crippen molar-refractivity contribution in [3.8, 4) is 0 Å². The van der Waals surface area contributed by atoms with E-state index in [1.807, 2.05) is 7.11 Å². The molecule has 0 aromatic heterocycles. The summed E-state index contributed by atoms with van der Waals surface area (Å²) in [5.41, 5.74) is 0.223. The Morgan fingerprint density at radius 3 is 2.73 bits per heavy atom. The summed E-state index contributed by atoms with van der Waals surface area (Å²) in [6.45, 7) is 6.16. The Labute approximate surface area is 68.4 Å². The Balaban J connectivity index is 2.10. The molecule has 0 spiro atoms. The fourth-order valence-electron chi connectivity index (χ4n) is 2.97. The lowest BCUT2D eigenvalue weighted by Gasteiger charge is -2.65. The van der Waals surface area contributed by atoms with E-state index < -0.39 is 0 Å². The van der Waals surface area contributed by atoms with Crippen molar-refractivity contribution in [2.75, 3.05) is 7.11 Å². The Bertz CT molecular complexity index is 187. The van der Waals surface area contributed by atoms with Crippen LogP contribution in [0.3, 0.4) is 0 Å². The Hall–Kier alpha value is -0.300. The molecule has 0 aliphatic heterocycles. The normalized spacial score (nSPS) is 53.8. The summed E-state index contributed by atoms with van der Waals surface area (Å²) in [4.78, 5) is 0. The first-order valence-corrected chi connectivity index (χ1v) is 4.42. The minimum atomic E-state index is 0.223. The van der Waals surface area contributed by atoms with E-state index >= 15 is 0 Å². The van der Waals surface area contributed by atoms with Crippen LogP contribution in [0.2, 0.25) is 0 Å². The Morgan fingerprint density at radius 1 is 1.64 bits per heavy atom. The zero-order valence-electron chi connectivity index (χ0n) is 7.34. The highest BCUT2D eigenvalue weighted by molar-refractivity contribution is 5.18. The van der Waals surface area contributed by atoms with Gasteiger partial charge in [0.05, 0.1) is 5.60 Å². The molecule has 1 heteroatoms. The molecule has 0 amide bonds. The Morgan fingerprint density at radius 2 is 2.36 bits per heavy atom. The second-order valence-electron chi connectivity index (χ2n) is 4.02. The first-order chi connectivity index (χ1) is 5.24. The zero-order chi connectivity index (χ0) is 8.06. The predicted octanol–water partition coefficient (Wildman–Crippen LogP) is 2.23. The highest BCUT2D eigenvalue weighted by Crippen LogP contribution is 2.62. The van der Waals surface area contributed by atoms with Crippen LogP contribution in [0, 0.1) is 17.8 Å². The predicted molar refractivity (Wildman–Crippen MR) is 45.3 cm³/mol. The van der Waals surface area contributed by atoms with Gasteiger partial charge in [0.15, 0.2) is 0 Å². The lowest BCUT2D eigenvalue weighted by molar-refractivity contribution is -0.249. The fraction of sp³-hybridized carbons (Fsp3) is 0.800. The molecule has 0 aromatic carbocycles. The minimum Gasteiger partial charge on any atom is -0.377 e. The van der Waals surface area contributed by atoms with Crippen molar-refractivity contribution < 1.29 is 4.74 Å². The van der Waals surface area contributed by atoms with Crippen LogP contribution in [0.4, 0.5) is 0 Å². The third-order valence-corrected chi connectivity index (χ3v) is 3.76. The molecule has 0 aromatic rings. The van der Waals surface area contributed by atoms with Gasteiger partial charge < -0.3 is 4.74 Å². The standard InChI is InChI=1S/C10H16O/c1-4-8-5-9-7(2)6-10(8,9)11-3/h4,7-9H,1,5-6H2,2-3H3. The van der Waals surface area contributed by atoms with E-state index in [0.29, 0.717) is 5.92 Å². The molecular weight excluding hydrogens is 136 g/mol. The first kappa shape index (κ1) is 7.35. The molecule has 0 bridgehead atoms. The number of hydrogen-bond acceptors (Lipinski definition) is 1. The molecule has 1 nitrogen and oxygen atoms in total. The number of ether oxygens (including phenoxy) is 1. The molecule has 4 atom stereocenters. The summed E-state index contributed by atoms with van der Waals surface area (Å²) in [6.07, 6.45) is 4.61. The number of hydrogen-bond donors (Lipinski definition) is 0. The van der Waals surface area contributed by atoms with Crippen LogP contribution in [0.5, 0.6) is 0 Å². The quantitative estimate of drug-likeness (QED) is 0.551. The van der Waals surface area contributed by atoms with Crippen molar-refractivity contribution in [2.45, 2.75) is 25.4 Å². The maximum atomic E-state index is 5.58. The van der Waals surface area contributed by atoms with Crippen molar-refractivity contribution in [1.82, 2.24) is 0 Å². The topological polar surface area (TPSA) is 9.23 Å². The monoisotopic (exact) mass is 152 g/mol. The SMILES string of the molecule is C=CC1CC2C(C)CC12OC. The van der Waals surface area contributed by atoms with Crippen molar-refractivity contribution in [2.24, 2.45) is 17.8 Å². The van der Waals surface area contributed by atoms with Gasteiger partial charge in [-0.2, -0.15) is 0 Å². The highest BCUT2D eigenvalue weighted by Gasteiger charge is 2.63. The Kier molecular flexibility index (Phi) is 1.40. The van der Waals surface area contributed by atoms with E-state index in [1.54, 1.807) is 0 Å². The van der Waals surface area contributed by atoms with E-state index in [4.69, 9.17) is 4.74 Å². The van der Waals surface area contributed by atoms with Gasteiger partial charge in [-0.05, 0) is 24.7 Å². The van der Waals surface area contributed by atoms with Gasteiger partial charge in [-0.25, -0.2) is 0 Å². The summed E-state index contributed by atoms with van der Waals surface area (Å²) in [5.74, 6) is 2.34. The van der Waals surface area contributed by atoms with Crippen molar-refractivity contribution in [3.05, 3.63) is 12.7 Å². The summed E-state index contributed by atoms with van der Waals surface area (Å²) in [5, 5.41) is 0. The van der Waals surface area contributed by atoms with Crippen LogP contribution < -0.4 is 0 Å². The molecule has 0 heterocycles. The van der Waals surface area contributed by atoms with Gasteiger partial charge in [-0.3, -0.25) is 0 Å². The lowest BCUT2D eigenvalue weighted by atomic mass is 9.45. The first-order valence-electron chi connectivity index (χ1n) is 4.42. The van der Waals surface area contributed by atoms with Crippen LogP contribution in [0.25, 0.3) is 0 Å².